The second kappa shape index (κ2) is 8.75. The van der Waals surface area contributed by atoms with E-state index < -0.39 is 5.91 Å². The van der Waals surface area contributed by atoms with E-state index in [9.17, 15) is 9.59 Å². The molecule has 3 N–H and O–H groups in total. The summed E-state index contributed by atoms with van der Waals surface area (Å²) in [6.07, 6.45) is 9.02. The van der Waals surface area contributed by atoms with Crippen molar-refractivity contribution >= 4 is 39.9 Å². The Kier molecular flexibility index (Phi) is 6.25. The molecule has 0 unspecified atom stereocenters. The summed E-state index contributed by atoms with van der Waals surface area (Å²) in [7, 11) is 0. The van der Waals surface area contributed by atoms with Crippen molar-refractivity contribution in [1.29, 1.82) is 0 Å². The SMILES string of the molecule is Cc1nc(S[C@@H](C)C(=O)Nc2sc3c(c2C(N)=O)CCC3)n(C2CCCCC2)c1C. The van der Waals surface area contributed by atoms with Crippen molar-refractivity contribution < 1.29 is 9.59 Å². The number of hydrogen-bond donors (Lipinski definition) is 2. The second-order valence-electron chi connectivity index (χ2n) is 8.40. The number of nitrogens with two attached hydrogens (primary N) is 1. The van der Waals surface area contributed by atoms with Crippen LogP contribution in [0.4, 0.5) is 5.00 Å². The van der Waals surface area contributed by atoms with Gasteiger partial charge in [0.05, 0.1) is 16.5 Å². The number of primary amides is 1. The van der Waals surface area contributed by atoms with E-state index in [1.54, 1.807) is 0 Å². The number of hydrogen-bond acceptors (Lipinski definition) is 5. The molecule has 2 aliphatic carbocycles. The van der Waals surface area contributed by atoms with E-state index in [0.717, 1.165) is 35.7 Å². The summed E-state index contributed by atoms with van der Waals surface area (Å²) in [6, 6.07) is 0.472. The first-order valence-corrected chi connectivity index (χ1v) is 12.5. The summed E-state index contributed by atoms with van der Waals surface area (Å²) in [5, 5.41) is 4.18. The zero-order valence-corrected chi connectivity index (χ0v) is 19.5. The minimum absolute atomic E-state index is 0.115. The number of carbonyl (C=O) groups excluding carboxylic acids is 2. The third-order valence-electron chi connectivity index (χ3n) is 6.35. The van der Waals surface area contributed by atoms with E-state index in [2.05, 4.69) is 16.8 Å². The summed E-state index contributed by atoms with van der Waals surface area (Å²) >= 11 is 3.00. The van der Waals surface area contributed by atoms with E-state index in [1.165, 1.54) is 65.8 Å². The van der Waals surface area contributed by atoms with Crippen molar-refractivity contribution in [2.45, 2.75) is 88.6 Å². The lowest BCUT2D eigenvalue weighted by atomic mass is 9.95. The molecule has 0 saturated heterocycles. The molecule has 162 valence electrons. The third-order valence-corrected chi connectivity index (χ3v) is 8.62. The zero-order chi connectivity index (χ0) is 21.4. The summed E-state index contributed by atoms with van der Waals surface area (Å²) in [5.74, 6) is -0.569. The molecule has 2 aromatic heterocycles. The maximum absolute atomic E-state index is 13.0. The Balaban J connectivity index is 1.51. The molecular weight excluding hydrogens is 416 g/mol. The number of aromatic nitrogens is 2. The first-order chi connectivity index (χ1) is 14.4. The van der Waals surface area contributed by atoms with Crippen LogP contribution in [0.1, 0.15) is 83.7 Å². The Bertz CT molecular complexity index is 972. The quantitative estimate of drug-likeness (QED) is 0.625. The van der Waals surface area contributed by atoms with Gasteiger partial charge in [-0.1, -0.05) is 31.0 Å². The molecule has 0 aromatic carbocycles. The molecule has 0 aliphatic heterocycles. The van der Waals surface area contributed by atoms with Crippen molar-refractivity contribution in [2.75, 3.05) is 5.32 Å². The van der Waals surface area contributed by atoms with Gasteiger partial charge in [0.15, 0.2) is 5.16 Å². The molecule has 0 spiro atoms. The summed E-state index contributed by atoms with van der Waals surface area (Å²) < 4.78 is 2.34. The molecule has 4 rings (SSSR count). The molecule has 1 fully saturated rings. The van der Waals surface area contributed by atoms with Crippen LogP contribution in [0.25, 0.3) is 0 Å². The van der Waals surface area contributed by atoms with Gasteiger partial charge in [-0.05, 0) is 58.4 Å². The maximum atomic E-state index is 13.0. The standard InChI is InChI=1S/C22H30N4O2S2/c1-12-13(2)26(15-8-5-4-6-9-15)22(24-12)29-14(3)20(28)25-21-18(19(23)27)16-10-7-11-17(16)30-21/h14-15H,4-11H2,1-3H3,(H2,23,27)(H,25,28)/t14-/m0/s1. The smallest absolute Gasteiger partial charge is 0.251 e. The van der Waals surface area contributed by atoms with Gasteiger partial charge in [-0.15, -0.1) is 11.3 Å². The van der Waals surface area contributed by atoms with E-state index in [0.29, 0.717) is 16.6 Å². The molecule has 2 aromatic rings. The number of thioether (sulfide) groups is 1. The minimum atomic E-state index is -0.455. The topological polar surface area (TPSA) is 90.0 Å². The van der Waals surface area contributed by atoms with Crippen LogP contribution in [0.5, 0.6) is 0 Å². The number of nitrogens with zero attached hydrogens (tertiary/aromatic N) is 2. The normalized spacial score (nSPS) is 17.7. The van der Waals surface area contributed by atoms with Gasteiger partial charge < -0.3 is 15.6 Å². The fourth-order valence-electron chi connectivity index (χ4n) is 4.63. The number of rotatable bonds is 6. The number of thiophene rings is 1. The highest BCUT2D eigenvalue weighted by Crippen LogP contribution is 2.40. The number of imidazole rings is 1. The number of carbonyl (C=O) groups is 2. The monoisotopic (exact) mass is 446 g/mol. The van der Waals surface area contributed by atoms with Gasteiger partial charge in [0, 0.05) is 16.6 Å². The van der Waals surface area contributed by atoms with Gasteiger partial charge in [0.25, 0.3) is 5.91 Å². The Morgan fingerprint density at radius 2 is 1.93 bits per heavy atom. The van der Waals surface area contributed by atoms with Crippen molar-refractivity contribution in [3.05, 3.63) is 27.4 Å². The van der Waals surface area contributed by atoms with Crippen LogP contribution in [0.3, 0.4) is 0 Å². The molecule has 1 saturated carbocycles. The number of aryl methyl sites for hydroxylation is 2. The highest BCUT2D eigenvalue weighted by atomic mass is 32.2. The summed E-state index contributed by atoms with van der Waals surface area (Å²) in [5.41, 5.74) is 9.39. The van der Waals surface area contributed by atoms with E-state index in [-0.39, 0.29) is 11.2 Å². The molecule has 8 heteroatoms. The van der Waals surface area contributed by atoms with Crippen molar-refractivity contribution in [3.63, 3.8) is 0 Å². The molecule has 2 amide bonds. The average Bonchev–Trinajstić information content (AvgIpc) is 3.36. The van der Waals surface area contributed by atoms with Gasteiger partial charge in [-0.2, -0.15) is 0 Å². The van der Waals surface area contributed by atoms with Gasteiger partial charge in [0.2, 0.25) is 5.91 Å². The first-order valence-electron chi connectivity index (χ1n) is 10.8. The lowest BCUT2D eigenvalue weighted by Crippen LogP contribution is -2.25. The number of anilines is 1. The summed E-state index contributed by atoms with van der Waals surface area (Å²) in [6.45, 7) is 6.06. The van der Waals surface area contributed by atoms with Gasteiger partial charge in [-0.25, -0.2) is 4.98 Å². The summed E-state index contributed by atoms with van der Waals surface area (Å²) in [4.78, 5) is 30.9. The highest BCUT2D eigenvalue weighted by Gasteiger charge is 2.29. The largest absolute Gasteiger partial charge is 0.365 e. The van der Waals surface area contributed by atoms with Crippen LogP contribution in [0.2, 0.25) is 0 Å². The molecule has 30 heavy (non-hydrogen) atoms. The molecule has 0 radical (unpaired) electrons. The van der Waals surface area contributed by atoms with Crippen molar-refractivity contribution in [2.24, 2.45) is 5.73 Å². The van der Waals surface area contributed by atoms with Gasteiger partial charge in [0.1, 0.15) is 5.00 Å². The lowest BCUT2D eigenvalue weighted by molar-refractivity contribution is -0.115. The fourth-order valence-corrected chi connectivity index (χ4v) is 7.00. The first kappa shape index (κ1) is 21.4. The van der Waals surface area contributed by atoms with E-state index in [4.69, 9.17) is 10.7 Å². The van der Waals surface area contributed by atoms with Crippen molar-refractivity contribution in [1.82, 2.24) is 9.55 Å². The molecule has 2 heterocycles. The van der Waals surface area contributed by atoms with Crippen molar-refractivity contribution in [3.8, 4) is 0 Å². The van der Waals surface area contributed by atoms with Crippen LogP contribution in [-0.4, -0.2) is 26.6 Å². The fraction of sp³-hybridized carbons (Fsp3) is 0.591. The molecule has 6 nitrogen and oxygen atoms in total. The minimum Gasteiger partial charge on any atom is -0.365 e. The van der Waals surface area contributed by atoms with Gasteiger partial charge >= 0.3 is 0 Å². The van der Waals surface area contributed by atoms with E-state index in [1.807, 2.05) is 13.8 Å². The molecular formula is C22H30N4O2S2. The highest BCUT2D eigenvalue weighted by molar-refractivity contribution is 8.00. The second-order valence-corrected chi connectivity index (χ2v) is 10.8. The number of amides is 2. The predicted molar refractivity (Wildman–Crippen MR) is 123 cm³/mol. The average molecular weight is 447 g/mol. The van der Waals surface area contributed by atoms with Crippen LogP contribution in [-0.2, 0) is 17.6 Å². The Morgan fingerprint density at radius 3 is 2.63 bits per heavy atom. The molecule has 1 atom stereocenters. The third kappa shape index (κ3) is 4.04. The molecule has 0 bridgehead atoms. The Hall–Kier alpha value is -1.80. The van der Waals surface area contributed by atoms with Crippen LogP contribution in [0.15, 0.2) is 5.16 Å². The Morgan fingerprint density at radius 1 is 1.20 bits per heavy atom. The van der Waals surface area contributed by atoms with Gasteiger partial charge in [-0.3, -0.25) is 9.59 Å². The van der Waals surface area contributed by atoms with Crippen LogP contribution < -0.4 is 11.1 Å². The number of fused-ring (bicyclic) bond motifs is 1. The zero-order valence-electron chi connectivity index (χ0n) is 17.9. The van der Waals surface area contributed by atoms with E-state index >= 15 is 0 Å². The van der Waals surface area contributed by atoms with Crippen LogP contribution in [0, 0.1) is 13.8 Å². The maximum Gasteiger partial charge on any atom is 0.251 e. The Labute approximate surface area is 186 Å². The van der Waals surface area contributed by atoms with Crippen LogP contribution >= 0.6 is 23.1 Å². The number of nitrogens with one attached hydrogen (secondary N) is 1. The predicted octanol–water partition coefficient (Wildman–Crippen LogP) is 4.77. The lowest BCUT2D eigenvalue weighted by Gasteiger charge is -2.26. The molecule has 2 aliphatic rings.